The SMILES string of the molecule is CCCNC(=O)[C@@H]1[C@@H]2CCC3(S2)C(C(=O)NC(C)CCC)N([C@H](CO)c2ccccc2)C(=O)[C@H]13. The van der Waals surface area contributed by atoms with Gasteiger partial charge in [-0.05, 0) is 38.2 Å². The summed E-state index contributed by atoms with van der Waals surface area (Å²) in [7, 11) is 0. The molecule has 1 aromatic carbocycles. The number of hydrogen-bond acceptors (Lipinski definition) is 5. The molecule has 0 saturated carbocycles. The first-order valence-electron chi connectivity index (χ1n) is 12.6. The molecule has 0 aromatic heterocycles. The zero-order chi connectivity index (χ0) is 24.5. The second-order valence-electron chi connectivity index (χ2n) is 9.90. The van der Waals surface area contributed by atoms with Crippen LogP contribution in [-0.2, 0) is 14.4 Å². The van der Waals surface area contributed by atoms with Crippen molar-refractivity contribution in [2.75, 3.05) is 13.2 Å². The van der Waals surface area contributed by atoms with Crippen molar-refractivity contribution in [1.29, 1.82) is 0 Å². The van der Waals surface area contributed by atoms with Gasteiger partial charge in [-0.1, -0.05) is 50.6 Å². The highest BCUT2D eigenvalue weighted by Gasteiger charge is 2.74. The maximum absolute atomic E-state index is 14.1. The second kappa shape index (κ2) is 10.3. The number of fused-ring (bicyclic) bond motifs is 1. The lowest BCUT2D eigenvalue weighted by molar-refractivity contribution is -0.143. The van der Waals surface area contributed by atoms with Crippen molar-refractivity contribution in [3.63, 3.8) is 0 Å². The molecule has 0 aliphatic carbocycles. The molecule has 3 aliphatic heterocycles. The fourth-order valence-electron chi connectivity index (χ4n) is 6.25. The molecule has 1 spiro atoms. The molecule has 7 atom stereocenters. The van der Waals surface area contributed by atoms with Crippen molar-refractivity contribution in [2.45, 2.75) is 81.0 Å². The van der Waals surface area contributed by atoms with E-state index in [1.807, 2.05) is 44.2 Å². The zero-order valence-electron chi connectivity index (χ0n) is 20.3. The third kappa shape index (κ3) is 4.13. The van der Waals surface area contributed by atoms with Crippen LogP contribution in [0.3, 0.4) is 0 Å². The van der Waals surface area contributed by atoms with E-state index in [1.54, 1.807) is 16.7 Å². The minimum absolute atomic E-state index is 0.0125. The number of thioether (sulfide) groups is 1. The molecule has 3 N–H and O–H groups in total. The molecule has 2 bridgehead atoms. The van der Waals surface area contributed by atoms with Gasteiger partial charge in [0.1, 0.15) is 6.04 Å². The summed E-state index contributed by atoms with van der Waals surface area (Å²) in [6.45, 7) is 6.36. The Balaban J connectivity index is 1.75. The first-order valence-corrected chi connectivity index (χ1v) is 13.5. The molecule has 4 rings (SSSR count). The van der Waals surface area contributed by atoms with Gasteiger partial charge in [0.2, 0.25) is 17.7 Å². The van der Waals surface area contributed by atoms with E-state index in [4.69, 9.17) is 0 Å². The molecule has 0 radical (unpaired) electrons. The number of carbonyl (C=O) groups excluding carboxylic acids is 3. The van der Waals surface area contributed by atoms with Crippen molar-refractivity contribution in [3.8, 4) is 0 Å². The van der Waals surface area contributed by atoms with E-state index in [-0.39, 0.29) is 35.6 Å². The predicted octanol–water partition coefficient (Wildman–Crippen LogP) is 2.64. The smallest absolute Gasteiger partial charge is 0.244 e. The van der Waals surface area contributed by atoms with Crippen LogP contribution in [0.15, 0.2) is 30.3 Å². The third-order valence-corrected chi connectivity index (χ3v) is 9.59. The Morgan fingerprint density at radius 1 is 1.21 bits per heavy atom. The molecule has 1 aromatic rings. The highest BCUT2D eigenvalue weighted by atomic mass is 32.2. The van der Waals surface area contributed by atoms with Gasteiger partial charge in [0.15, 0.2) is 0 Å². The van der Waals surface area contributed by atoms with Gasteiger partial charge in [0.05, 0.1) is 29.2 Å². The number of aliphatic hydroxyl groups is 1. The summed E-state index contributed by atoms with van der Waals surface area (Å²) in [5, 5.41) is 16.6. The Labute approximate surface area is 206 Å². The second-order valence-corrected chi connectivity index (χ2v) is 11.5. The minimum atomic E-state index is -0.722. The topological polar surface area (TPSA) is 98.7 Å². The molecule has 3 aliphatic rings. The molecule has 186 valence electrons. The summed E-state index contributed by atoms with van der Waals surface area (Å²) in [4.78, 5) is 42.7. The van der Waals surface area contributed by atoms with Gasteiger partial charge < -0.3 is 20.6 Å². The first kappa shape index (κ1) is 25.0. The number of benzene rings is 1. The van der Waals surface area contributed by atoms with Crippen LogP contribution in [0.1, 0.15) is 64.5 Å². The number of hydrogen-bond donors (Lipinski definition) is 3. The molecule has 34 heavy (non-hydrogen) atoms. The van der Waals surface area contributed by atoms with E-state index >= 15 is 0 Å². The number of aliphatic hydroxyl groups excluding tert-OH is 1. The van der Waals surface area contributed by atoms with Crippen LogP contribution in [0.4, 0.5) is 0 Å². The quantitative estimate of drug-likeness (QED) is 0.471. The maximum atomic E-state index is 14.1. The molecule has 3 heterocycles. The predicted molar refractivity (Wildman–Crippen MR) is 133 cm³/mol. The number of nitrogens with one attached hydrogen (secondary N) is 2. The van der Waals surface area contributed by atoms with E-state index < -0.39 is 28.7 Å². The van der Waals surface area contributed by atoms with Gasteiger partial charge in [-0.15, -0.1) is 11.8 Å². The molecule has 3 saturated heterocycles. The fourth-order valence-corrected chi connectivity index (χ4v) is 8.46. The molecule has 3 fully saturated rings. The molecule has 3 unspecified atom stereocenters. The molecular formula is C26H37N3O4S. The third-order valence-electron chi connectivity index (χ3n) is 7.64. The van der Waals surface area contributed by atoms with Crippen molar-refractivity contribution in [2.24, 2.45) is 11.8 Å². The Morgan fingerprint density at radius 3 is 2.59 bits per heavy atom. The summed E-state index contributed by atoms with van der Waals surface area (Å²) in [5.41, 5.74) is 0.792. The van der Waals surface area contributed by atoms with Crippen molar-refractivity contribution < 1.29 is 19.5 Å². The summed E-state index contributed by atoms with van der Waals surface area (Å²) >= 11 is 1.66. The van der Waals surface area contributed by atoms with Crippen LogP contribution in [-0.4, -0.2) is 63.0 Å². The van der Waals surface area contributed by atoms with E-state index in [0.29, 0.717) is 6.54 Å². The van der Waals surface area contributed by atoms with Crippen LogP contribution in [0.2, 0.25) is 0 Å². The van der Waals surface area contributed by atoms with Gasteiger partial charge in [-0.3, -0.25) is 14.4 Å². The minimum Gasteiger partial charge on any atom is -0.394 e. The Hall–Kier alpha value is -2.06. The van der Waals surface area contributed by atoms with Crippen LogP contribution in [0, 0.1) is 11.8 Å². The Kier molecular flexibility index (Phi) is 7.57. The van der Waals surface area contributed by atoms with E-state index in [1.165, 1.54) is 0 Å². The average Bonchev–Trinajstić information content (AvgIpc) is 3.46. The number of nitrogens with zero attached hydrogens (tertiary/aromatic N) is 1. The zero-order valence-corrected chi connectivity index (χ0v) is 21.1. The maximum Gasteiger partial charge on any atom is 0.244 e. The largest absolute Gasteiger partial charge is 0.394 e. The van der Waals surface area contributed by atoms with E-state index in [0.717, 1.165) is 37.7 Å². The number of carbonyl (C=O) groups is 3. The number of amides is 3. The highest BCUT2D eigenvalue weighted by Crippen LogP contribution is 2.67. The highest BCUT2D eigenvalue weighted by molar-refractivity contribution is 8.02. The van der Waals surface area contributed by atoms with Gasteiger partial charge >= 0.3 is 0 Å². The monoisotopic (exact) mass is 487 g/mol. The molecule has 3 amide bonds. The Morgan fingerprint density at radius 2 is 1.94 bits per heavy atom. The lowest BCUT2D eigenvalue weighted by Crippen LogP contribution is -2.56. The molecule has 7 nitrogen and oxygen atoms in total. The molecule has 8 heteroatoms. The van der Waals surface area contributed by atoms with Gasteiger partial charge in [0.25, 0.3) is 0 Å². The lowest BCUT2D eigenvalue weighted by Gasteiger charge is -2.37. The standard InChI is InChI=1S/C26H37N3O4S/c1-4-9-16(3)28-24(32)22-26-13-12-19(34-26)20(23(31)27-14-5-2)21(26)25(33)29(22)18(15-30)17-10-7-6-8-11-17/h6-8,10-11,16,18-22,30H,4-5,9,12-15H2,1-3H3,(H,27,31)(H,28,32)/t16?,18-,19+,20-,21+,22?,26?/m1/s1. The fraction of sp³-hybridized carbons (Fsp3) is 0.654. The number of likely N-dealkylation sites (tertiary alicyclic amines) is 1. The van der Waals surface area contributed by atoms with Crippen LogP contribution in [0.25, 0.3) is 0 Å². The summed E-state index contributed by atoms with van der Waals surface area (Å²) in [6, 6.07) is 8.02. The van der Waals surface area contributed by atoms with Crippen molar-refractivity contribution >= 4 is 29.5 Å². The van der Waals surface area contributed by atoms with Crippen LogP contribution >= 0.6 is 11.8 Å². The lowest BCUT2D eigenvalue weighted by atomic mass is 9.70. The summed E-state index contributed by atoms with van der Waals surface area (Å²) in [5.74, 6) is -1.43. The van der Waals surface area contributed by atoms with Crippen molar-refractivity contribution in [1.82, 2.24) is 15.5 Å². The molecular weight excluding hydrogens is 450 g/mol. The van der Waals surface area contributed by atoms with E-state index in [9.17, 15) is 19.5 Å². The van der Waals surface area contributed by atoms with Crippen LogP contribution < -0.4 is 10.6 Å². The Bertz CT molecular complexity index is 913. The van der Waals surface area contributed by atoms with Gasteiger partial charge in [-0.2, -0.15) is 0 Å². The average molecular weight is 488 g/mol. The van der Waals surface area contributed by atoms with E-state index in [2.05, 4.69) is 17.6 Å². The number of rotatable bonds is 10. The normalized spacial score (nSPS) is 31.3. The van der Waals surface area contributed by atoms with Crippen molar-refractivity contribution in [3.05, 3.63) is 35.9 Å². The van der Waals surface area contributed by atoms with Crippen LogP contribution in [0.5, 0.6) is 0 Å². The summed E-state index contributed by atoms with van der Waals surface area (Å²) < 4.78 is -0.645. The summed E-state index contributed by atoms with van der Waals surface area (Å²) in [6.07, 6.45) is 4.16. The van der Waals surface area contributed by atoms with Gasteiger partial charge in [0, 0.05) is 17.8 Å². The first-order chi connectivity index (χ1) is 16.4. The van der Waals surface area contributed by atoms with Gasteiger partial charge in [-0.25, -0.2) is 0 Å².